The Balaban J connectivity index is 3.86. The van der Waals surface area contributed by atoms with E-state index in [0.29, 0.717) is 26.2 Å². The Bertz CT molecular complexity index is 183. The van der Waals surface area contributed by atoms with Crippen molar-refractivity contribution in [3.8, 4) is 0 Å². The fourth-order valence-electron chi connectivity index (χ4n) is 1.16. The topological polar surface area (TPSA) is 41.6 Å². The molecule has 0 aromatic rings. The lowest BCUT2D eigenvalue weighted by Crippen LogP contribution is -2.40. The van der Waals surface area contributed by atoms with E-state index < -0.39 is 0 Å². The van der Waals surface area contributed by atoms with Crippen LogP contribution < -0.4 is 5.32 Å². The van der Waals surface area contributed by atoms with Crippen molar-refractivity contribution in [1.82, 2.24) is 10.2 Å². The van der Waals surface area contributed by atoms with Gasteiger partial charge in [-0.25, -0.2) is 0 Å². The molecular formula is C11H22N2O2. The van der Waals surface area contributed by atoms with Crippen LogP contribution in [0.2, 0.25) is 0 Å². The summed E-state index contributed by atoms with van der Waals surface area (Å²) in [4.78, 5) is 13.4. The minimum atomic E-state index is 0.0976. The van der Waals surface area contributed by atoms with Gasteiger partial charge >= 0.3 is 0 Å². The number of amides is 1. The predicted octanol–water partition coefficient (Wildman–Crippen LogP) is 0.647. The molecule has 1 amide bonds. The van der Waals surface area contributed by atoms with Gasteiger partial charge in [-0.15, -0.1) is 6.58 Å². The molecule has 0 unspecified atom stereocenters. The second-order valence-electron chi connectivity index (χ2n) is 3.30. The standard InChI is InChI=1S/C11H22N2O2/c1-4-6-12-10-11(14)13(7-5-2)8-9-15-3/h5,12H,2,4,6-10H2,1,3H3. The second-order valence-corrected chi connectivity index (χ2v) is 3.30. The summed E-state index contributed by atoms with van der Waals surface area (Å²) in [6.07, 6.45) is 2.76. The van der Waals surface area contributed by atoms with Crippen LogP contribution >= 0.6 is 0 Å². The zero-order chi connectivity index (χ0) is 11.5. The first kappa shape index (κ1) is 14.1. The zero-order valence-electron chi connectivity index (χ0n) is 9.79. The number of nitrogens with one attached hydrogen (secondary N) is 1. The number of rotatable bonds is 9. The van der Waals surface area contributed by atoms with E-state index in [2.05, 4.69) is 18.8 Å². The molecule has 4 nitrogen and oxygen atoms in total. The van der Waals surface area contributed by atoms with Gasteiger partial charge in [0.15, 0.2) is 0 Å². The maximum atomic E-state index is 11.7. The van der Waals surface area contributed by atoms with Crippen LogP contribution in [0.3, 0.4) is 0 Å². The number of ether oxygens (including phenoxy) is 1. The first-order valence-corrected chi connectivity index (χ1v) is 5.34. The first-order valence-electron chi connectivity index (χ1n) is 5.34. The molecule has 0 spiro atoms. The number of hydrogen-bond acceptors (Lipinski definition) is 3. The first-order chi connectivity index (χ1) is 7.26. The van der Waals surface area contributed by atoms with Gasteiger partial charge in [-0.3, -0.25) is 4.79 Å². The summed E-state index contributed by atoms with van der Waals surface area (Å²) in [5.41, 5.74) is 0. The molecule has 4 heteroatoms. The monoisotopic (exact) mass is 214 g/mol. The van der Waals surface area contributed by atoms with E-state index in [4.69, 9.17) is 4.74 Å². The molecular weight excluding hydrogens is 192 g/mol. The summed E-state index contributed by atoms with van der Waals surface area (Å²) in [5.74, 6) is 0.0976. The lowest BCUT2D eigenvalue weighted by Gasteiger charge is -2.20. The highest BCUT2D eigenvalue weighted by Crippen LogP contribution is 1.90. The van der Waals surface area contributed by atoms with Gasteiger partial charge in [0, 0.05) is 20.2 Å². The van der Waals surface area contributed by atoms with Crippen LogP contribution in [0.1, 0.15) is 13.3 Å². The van der Waals surface area contributed by atoms with E-state index in [0.717, 1.165) is 13.0 Å². The Hall–Kier alpha value is -0.870. The molecule has 0 saturated carbocycles. The van der Waals surface area contributed by atoms with E-state index in [-0.39, 0.29) is 5.91 Å². The Morgan fingerprint density at radius 3 is 2.87 bits per heavy atom. The molecule has 0 bridgehead atoms. The van der Waals surface area contributed by atoms with Gasteiger partial charge < -0.3 is 15.0 Å². The molecule has 0 saturated heterocycles. The molecule has 0 aromatic carbocycles. The second kappa shape index (κ2) is 9.68. The van der Waals surface area contributed by atoms with Gasteiger partial charge in [0.05, 0.1) is 13.2 Å². The van der Waals surface area contributed by atoms with Gasteiger partial charge in [-0.1, -0.05) is 13.0 Å². The number of hydrogen-bond donors (Lipinski definition) is 1. The molecule has 0 aromatic heterocycles. The molecule has 1 N–H and O–H groups in total. The van der Waals surface area contributed by atoms with Crippen molar-refractivity contribution in [1.29, 1.82) is 0 Å². The fourth-order valence-corrected chi connectivity index (χ4v) is 1.16. The van der Waals surface area contributed by atoms with Crippen molar-refractivity contribution < 1.29 is 9.53 Å². The van der Waals surface area contributed by atoms with E-state index in [1.165, 1.54) is 0 Å². The molecule has 0 heterocycles. The van der Waals surface area contributed by atoms with Crippen LogP contribution in [-0.2, 0) is 9.53 Å². The fraction of sp³-hybridized carbons (Fsp3) is 0.727. The van der Waals surface area contributed by atoms with Crippen LogP contribution in [-0.4, -0.2) is 50.7 Å². The molecule has 0 fully saturated rings. The van der Waals surface area contributed by atoms with Crippen LogP contribution in [0.25, 0.3) is 0 Å². The van der Waals surface area contributed by atoms with Crippen LogP contribution in [0.15, 0.2) is 12.7 Å². The summed E-state index contributed by atoms with van der Waals surface area (Å²) in [6, 6.07) is 0. The summed E-state index contributed by atoms with van der Waals surface area (Å²) < 4.78 is 4.95. The number of carbonyl (C=O) groups is 1. The van der Waals surface area contributed by atoms with Crippen molar-refractivity contribution in [2.45, 2.75) is 13.3 Å². The molecule has 0 aliphatic rings. The molecule has 0 rings (SSSR count). The molecule has 0 aliphatic heterocycles. The molecule has 0 radical (unpaired) electrons. The molecule has 15 heavy (non-hydrogen) atoms. The summed E-state index contributed by atoms with van der Waals surface area (Å²) in [7, 11) is 1.63. The van der Waals surface area contributed by atoms with Crippen LogP contribution in [0.4, 0.5) is 0 Å². The Kier molecular flexibility index (Phi) is 9.11. The highest BCUT2D eigenvalue weighted by Gasteiger charge is 2.10. The van der Waals surface area contributed by atoms with E-state index in [1.807, 2.05) is 0 Å². The summed E-state index contributed by atoms with van der Waals surface area (Å²) >= 11 is 0. The van der Waals surface area contributed by atoms with Crippen molar-refractivity contribution in [3.63, 3.8) is 0 Å². The predicted molar refractivity (Wildman–Crippen MR) is 61.8 cm³/mol. The minimum absolute atomic E-state index is 0.0976. The van der Waals surface area contributed by atoms with Gasteiger partial charge in [-0.05, 0) is 13.0 Å². The van der Waals surface area contributed by atoms with Crippen molar-refractivity contribution >= 4 is 5.91 Å². The third-order valence-electron chi connectivity index (χ3n) is 1.97. The average Bonchev–Trinajstić information content (AvgIpc) is 2.24. The van der Waals surface area contributed by atoms with Crippen molar-refractivity contribution in [2.75, 3.05) is 39.9 Å². The Morgan fingerprint density at radius 1 is 1.60 bits per heavy atom. The third kappa shape index (κ3) is 7.11. The smallest absolute Gasteiger partial charge is 0.236 e. The molecule has 88 valence electrons. The normalized spacial score (nSPS) is 10.0. The van der Waals surface area contributed by atoms with Gasteiger partial charge in [0.25, 0.3) is 0 Å². The van der Waals surface area contributed by atoms with Crippen molar-refractivity contribution in [2.24, 2.45) is 0 Å². The number of nitrogens with zero attached hydrogens (tertiary/aromatic N) is 1. The highest BCUT2D eigenvalue weighted by molar-refractivity contribution is 5.78. The maximum Gasteiger partial charge on any atom is 0.236 e. The van der Waals surface area contributed by atoms with Gasteiger partial charge in [0.2, 0.25) is 5.91 Å². The maximum absolute atomic E-state index is 11.7. The quantitative estimate of drug-likeness (QED) is 0.452. The number of methoxy groups -OCH3 is 1. The van der Waals surface area contributed by atoms with E-state index in [9.17, 15) is 4.79 Å². The average molecular weight is 214 g/mol. The summed E-state index contributed by atoms with van der Waals surface area (Å²) in [6.45, 7) is 8.74. The SMILES string of the molecule is C=CCN(CCOC)C(=O)CNCCC. The summed E-state index contributed by atoms with van der Waals surface area (Å²) in [5, 5.41) is 3.08. The Labute approximate surface area is 92.3 Å². The molecule has 0 aliphatic carbocycles. The van der Waals surface area contributed by atoms with Crippen LogP contribution in [0.5, 0.6) is 0 Å². The van der Waals surface area contributed by atoms with Gasteiger partial charge in [-0.2, -0.15) is 0 Å². The Morgan fingerprint density at radius 2 is 2.33 bits per heavy atom. The highest BCUT2D eigenvalue weighted by atomic mass is 16.5. The van der Waals surface area contributed by atoms with E-state index >= 15 is 0 Å². The molecule has 0 atom stereocenters. The lowest BCUT2D eigenvalue weighted by molar-refractivity contribution is -0.130. The van der Waals surface area contributed by atoms with Crippen LogP contribution in [0, 0.1) is 0 Å². The van der Waals surface area contributed by atoms with Gasteiger partial charge in [0.1, 0.15) is 0 Å². The third-order valence-corrected chi connectivity index (χ3v) is 1.97. The van der Waals surface area contributed by atoms with Crippen molar-refractivity contribution in [3.05, 3.63) is 12.7 Å². The minimum Gasteiger partial charge on any atom is -0.383 e. The number of carbonyl (C=O) groups excluding carboxylic acids is 1. The largest absolute Gasteiger partial charge is 0.383 e. The zero-order valence-corrected chi connectivity index (χ0v) is 9.79. The van der Waals surface area contributed by atoms with E-state index in [1.54, 1.807) is 18.1 Å². The lowest BCUT2D eigenvalue weighted by atomic mass is 10.4.